The summed E-state index contributed by atoms with van der Waals surface area (Å²) in [6.07, 6.45) is 0. The van der Waals surface area contributed by atoms with Crippen LogP contribution in [-0.4, -0.2) is 21.8 Å². The molecule has 0 radical (unpaired) electrons. The molecule has 3 rings (SSSR count). The molecule has 1 aliphatic rings. The van der Waals surface area contributed by atoms with E-state index in [1.54, 1.807) is 6.54 Å². The van der Waals surface area contributed by atoms with Crippen LogP contribution in [0, 0.1) is 0 Å². The van der Waals surface area contributed by atoms with Crippen molar-refractivity contribution in [3.8, 4) is 11.1 Å². The molecule has 0 nitrogen and oxygen atoms in total. The van der Waals surface area contributed by atoms with Crippen molar-refractivity contribution in [3.63, 3.8) is 0 Å². The Bertz CT molecular complexity index is 483. The minimum absolute atomic E-state index is 0.861. The van der Waals surface area contributed by atoms with E-state index >= 15 is 0 Å². The van der Waals surface area contributed by atoms with Crippen LogP contribution in [0.15, 0.2) is 48.5 Å². The van der Waals surface area contributed by atoms with E-state index < -0.39 is 21.8 Å². The van der Waals surface area contributed by atoms with E-state index in [4.69, 9.17) is 0 Å². The zero-order valence-electron chi connectivity index (χ0n) is 9.64. The predicted molar refractivity (Wildman–Crippen MR) is 72.0 cm³/mol. The van der Waals surface area contributed by atoms with Crippen molar-refractivity contribution in [1.82, 2.24) is 0 Å². The summed E-state index contributed by atoms with van der Waals surface area (Å²) in [5, 5.41) is 0. The van der Waals surface area contributed by atoms with Gasteiger partial charge in [-0.1, -0.05) is 0 Å². The fourth-order valence-electron chi connectivity index (χ4n) is 2.51. The molecule has 0 unspecified atom stereocenters. The Balaban J connectivity index is 2.30. The Morgan fingerprint density at radius 1 is 0.750 bits per heavy atom. The third-order valence-electron chi connectivity index (χ3n) is 3.13. The molecule has 0 spiro atoms. The van der Waals surface area contributed by atoms with Gasteiger partial charge in [-0.3, -0.25) is 0 Å². The van der Waals surface area contributed by atoms with Gasteiger partial charge in [0.1, 0.15) is 0 Å². The van der Waals surface area contributed by atoms with Crippen molar-refractivity contribution < 1.29 is 0 Å². The zero-order chi connectivity index (χ0) is 11.1. The number of fused-ring (bicyclic) bond motifs is 3. The summed E-state index contributed by atoms with van der Waals surface area (Å²) in [4.78, 5) is 0. The summed E-state index contributed by atoms with van der Waals surface area (Å²) < 4.78 is 4.27. The van der Waals surface area contributed by atoms with Crippen LogP contribution < -0.4 is 6.54 Å². The summed E-state index contributed by atoms with van der Waals surface area (Å²) in [6.45, 7) is 4.80. The van der Waals surface area contributed by atoms with Crippen molar-refractivity contribution in [1.29, 1.82) is 0 Å². The SMILES string of the molecule is C[CH](C)[Bi]1[c]2ccccc2-c2cccc[c]21. The first-order valence-corrected chi connectivity index (χ1v) is 11.2. The maximum atomic E-state index is 2.40. The average molecular weight is 404 g/mol. The molecule has 1 heterocycles. The Morgan fingerprint density at radius 2 is 1.19 bits per heavy atom. The van der Waals surface area contributed by atoms with E-state index in [-0.39, 0.29) is 0 Å². The predicted octanol–water partition coefficient (Wildman–Crippen LogP) is 2.69. The molecule has 0 aliphatic carbocycles. The van der Waals surface area contributed by atoms with Gasteiger partial charge < -0.3 is 0 Å². The molecule has 0 bridgehead atoms. The van der Waals surface area contributed by atoms with Crippen LogP contribution in [0.2, 0.25) is 3.63 Å². The van der Waals surface area contributed by atoms with E-state index in [2.05, 4.69) is 62.4 Å². The summed E-state index contributed by atoms with van der Waals surface area (Å²) >= 11 is -1.66. The van der Waals surface area contributed by atoms with Gasteiger partial charge in [0.05, 0.1) is 0 Å². The van der Waals surface area contributed by atoms with Crippen molar-refractivity contribution in [3.05, 3.63) is 48.5 Å². The van der Waals surface area contributed by atoms with Crippen molar-refractivity contribution in [2.75, 3.05) is 0 Å². The van der Waals surface area contributed by atoms with Crippen LogP contribution >= 0.6 is 0 Å². The molecular weight excluding hydrogens is 389 g/mol. The summed E-state index contributed by atoms with van der Waals surface area (Å²) in [6, 6.07) is 18.1. The first kappa shape index (κ1) is 10.5. The van der Waals surface area contributed by atoms with Crippen LogP contribution in [0.1, 0.15) is 13.8 Å². The van der Waals surface area contributed by atoms with Crippen LogP contribution in [0.4, 0.5) is 0 Å². The molecule has 0 saturated carbocycles. The van der Waals surface area contributed by atoms with E-state index in [0.717, 1.165) is 3.63 Å². The zero-order valence-corrected chi connectivity index (χ0v) is 13.1. The summed E-state index contributed by atoms with van der Waals surface area (Å²) in [5.41, 5.74) is 3.04. The van der Waals surface area contributed by atoms with Gasteiger partial charge in [-0.05, 0) is 0 Å². The third-order valence-corrected chi connectivity index (χ3v) is 14.2. The second kappa shape index (κ2) is 3.96. The van der Waals surface area contributed by atoms with Gasteiger partial charge >= 0.3 is 105 Å². The molecule has 0 fully saturated rings. The molecule has 2 aromatic rings. The fraction of sp³-hybridized carbons (Fsp3) is 0.200. The normalized spacial score (nSPS) is 13.9. The third kappa shape index (κ3) is 1.45. The van der Waals surface area contributed by atoms with Crippen molar-refractivity contribution in [2.45, 2.75) is 17.5 Å². The first-order chi connectivity index (χ1) is 7.79. The molecule has 1 aliphatic heterocycles. The van der Waals surface area contributed by atoms with E-state index in [1.165, 1.54) is 11.1 Å². The molecule has 2 aromatic carbocycles. The number of hydrogen-bond donors (Lipinski definition) is 0. The second-order valence-electron chi connectivity index (χ2n) is 4.50. The molecule has 0 amide bonds. The van der Waals surface area contributed by atoms with E-state index in [9.17, 15) is 0 Å². The first-order valence-electron chi connectivity index (χ1n) is 5.76. The molecule has 1 heteroatoms. The minimum atomic E-state index is -1.66. The standard InChI is InChI=1S/C12H8.C3H7.Bi/c1-3-7-11(8-4-1)12-9-5-2-6-10-12;1-3-2;/h1-7,9H;3H,1-2H3;. The van der Waals surface area contributed by atoms with E-state index in [1.807, 2.05) is 0 Å². The van der Waals surface area contributed by atoms with Gasteiger partial charge in [-0.15, -0.1) is 0 Å². The van der Waals surface area contributed by atoms with E-state index in [0.29, 0.717) is 0 Å². The van der Waals surface area contributed by atoms with Crippen LogP contribution in [0.25, 0.3) is 11.1 Å². The average Bonchev–Trinajstić information content (AvgIpc) is 2.63. The fourth-order valence-corrected chi connectivity index (χ4v) is 13.3. The molecule has 80 valence electrons. The maximum absolute atomic E-state index is 2.40. The Labute approximate surface area is 105 Å². The molecule has 16 heavy (non-hydrogen) atoms. The van der Waals surface area contributed by atoms with Gasteiger partial charge in [-0.2, -0.15) is 0 Å². The van der Waals surface area contributed by atoms with Crippen LogP contribution in [-0.2, 0) is 0 Å². The molecular formula is C15H15Bi. The Morgan fingerprint density at radius 3 is 1.62 bits per heavy atom. The van der Waals surface area contributed by atoms with Crippen LogP contribution in [0.3, 0.4) is 0 Å². The van der Waals surface area contributed by atoms with Gasteiger partial charge in [0.25, 0.3) is 0 Å². The molecule has 0 aromatic heterocycles. The quantitative estimate of drug-likeness (QED) is 0.642. The molecule has 0 saturated heterocycles. The molecule has 0 N–H and O–H groups in total. The number of benzene rings is 2. The van der Waals surface area contributed by atoms with Gasteiger partial charge in [0, 0.05) is 0 Å². The van der Waals surface area contributed by atoms with Crippen molar-refractivity contribution >= 4 is 28.3 Å². The molecule has 0 atom stereocenters. The number of hydrogen-bond acceptors (Lipinski definition) is 0. The summed E-state index contributed by atoms with van der Waals surface area (Å²) in [5.74, 6) is 0. The summed E-state index contributed by atoms with van der Waals surface area (Å²) in [7, 11) is 0. The van der Waals surface area contributed by atoms with Crippen LogP contribution in [0.5, 0.6) is 0 Å². The Kier molecular flexibility index (Phi) is 2.60. The topological polar surface area (TPSA) is 0 Å². The van der Waals surface area contributed by atoms with Crippen molar-refractivity contribution in [2.24, 2.45) is 0 Å². The second-order valence-corrected chi connectivity index (χ2v) is 15.1. The Hall–Kier alpha value is -0.677. The van der Waals surface area contributed by atoms with Gasteiger partial charge in [0.15, 0.2) is 0 Å². The number of rotatable bonds is 1. The van der Waals surface area contributed by atoms with Gasteiger partial charge in [0.2, 0.25) is 0 Å². The van der Waals surface area contributed by atoms with Gasteiger partial charge in [-0.25, -0.2) is 0 Å². The monoisotopic (exact) mass is 404 g/mol.